The van der Waals surface area contributed by atoms with Crippen molar-refractivity contribution in [3.8, 4) is 5.88 Å². The Kier molecular flexibility index (Phi) is 6.59. The highest BCUT2D eigenvalue weighted by Gasteiger charge is 2.31. The molecule has 1 saturated heterocycles. The Morgan fingerprint density at radius 2 is 2.00 bits per heavy atom. The first-order chi connectivity index (χ1) is 12.4. The Bertz CT molecular complexity index is 796. The van der Waals surface area contributed by atoms with Crippen LogP contribution in [-0.4, -0.2) is 73.7 Å². The van der Waals surface area contributed by atoms with Gasteiger partial charge in [-0.1, -0.05) is 11.6 Å². The number of nitrogens with zero attached hydrogens (tertiary/aromatic N) is 3. The highest BCUT2D eigenvalue weighted by molar-refractivity contribution is 7.88. The SMILES string of the molecule is CN(C1CCN(C(=O)c2cnc(OCC(F)(F)F)c(Cl)c2)CC1)S(C)(=O)=O. The molecule has 0 atom stereocenters. The summed E-state index contributed by atoms with van der Waals surface area (Å²) in [5, 5.41) is -0.197. The van der Waals surface area contributed by atoms with Gasteiger partial charge in [-0.2, -0.15) is 13.2 Å². The largest absolute Gasteiger partial charge is 0.467 e. The first-order valence-corrected chi connectivity index (χ1v) is 10.2. The van der Waals surface area contributed by atoms with Crippen molar-refractivity contribution in [1.82, 2.24) is 14.2 Å². The van der Waals surface area contributed by atoms with E-state index in [4.69, 9.17) is 11.6 Å². The Hall–Kier alpha value is -1.59. The summed E-state index contributed by atoms with van der Waals surface area (Å²) in [4.78, 5) is 17.7. The molecule has 0 unspecified atom stereocenters. The molecule has 0 bridgehead atoms. The zero-order valence-electron chi connectivity index (χ0n) is 14.7. The molecule has 1 aliphatic rings. The van der Waals surface area contributed by atoms with Crippen molar-refractivity contribution in [3.05, 3.63) is 22.8 Å². The molecule has 0 spiro atoms. The monoisotopic (exact) mass is 429 g/mol. The number of carbonyl (C=O) groups excluding carboxylic acids is 1. The maximum absolute atomic E-state index is 12.5. The van der Waals surface area contributed by atoms with Crippen molar-refractivity contribution in [1.29, 1.82) is 0 Å². The van der Waals surface area contributed by atoms with Crippen molar-refractivity contribution in [3.63, 3.8) is 0 Å². The highest BCUT2D eigenvalue weighted by Crippen LogP contribution is 2.26. The Morgan fingerprint density at radius 1 is 1.41 bits per heavy atom. The van der Waals surface area contributed by atoms with Gasteiger partial charge in [-0.05, 0) is 18.9 Å². The second-order valence-electron chi connectivity index (χ2n) is 6.22. The van der Waals surface area contributed by atoms with Crippen LogP contribution in [0.5, 0.6) is 5.88 Å². The van der Waals surface area contributed by atoms with Gasteiger partial charge in [0.25, 0.3) is 5.91 Å². The van der Waals surface area contributed by atoms with Gasteiger partial charge in [0.1, 0.15) is 5.02 Å². The molecule has 1 aromatic rings. The van der Waals surface area contributed by atoms with E-state index in [1.165, 1.54) is 22.3 Å². The molecule has 0 N–H and O–H groups in total. The molecule has 0 radical (unpaired) electrons. The number of hydrogen-bond acceptors (Lipinski definition) is 5. The number of halogens is 4. The number of likely N-dealkylation sites (tertiary alicyclic amines) is 1. The smallest absolute Gasteiger partial charge is 0.422 e. The van der Waals surface area contributed by atoms with Crippen LogP contribution >= 0.6 is 11.6 Å². The predicted octanol–water partition coefficient (Wildman–Crippen LogP) is 2.17. The van der Waals surface area contributed by atoms with Gasteiger partial charge in [0.15, 0.2) is 6.61 Å². The number of rotatable bonds is 5. The Balaban J connectivity index is 1.99. The molecule has 2 rings (SSSR count). The average molecular weight is 430 g/mol. The number of pyridine rings is 1. The number of aromatic nitrogens is 1. The third-order valence-corrected chi connectivity index (χ3v) is 5.83. The minimum absolute atomic E-state index is 0.120. The van der Waals surface area contributed by atoms with E-state index in [1.54, 1.807) is 0 Å². The summed E-state index contributed by atoms with van der Waals surface area (Å²) in [5.41, 5.74) is 0.120. The molecule has 7 nitrogen and oxygen atoms in total. The van der Waals surface area contributed by atoms with Crippen LogP contribution in [0.25, 0.3) is 0 Å². The van der Waals surface area contributed by atoms with Crippen LogP contribution in [0.2, 0.25) is 5.02 Å². The van der Waals surface area contributed by atoms with Crippen LogP contribution in [0.3, 0.4) is 0 Å². The van der Waals surface area contributed by atoms with E-state index in [1.807, 2.05) is 0 Å². The fraction of sp³-hybridized carbons (Fsp3) is 0.600. The maximum Gasteiger partial charge on any atom is 0.422 e. The van der Waals surface area contributed by atoms with E-state index in [0.29, 0.717) is 25.9 Å². The lowest BCUT2D eigenvalue weighted by molar-refractivity contribution is -0.154. The molecule has 12 heteroatoms. The summed E-state index contributed by atoms with van der Waals surface area (Å²) in [5.74, 6) is -0.786. The zero-order valence-corrected chi connectivity index (χ0v) is 16.2. The summed E-state index contributed by atoms with van der Waals surface area (Å²) in [6.07, 6.45) is -1.34. The van der Waals surface area contributed by atoms with Crippen LogP contribution in [0, 0.1) is 0 Å². The van der Waals surface area contributed by atoms with Crippen LogP contribution in [0.1, 0.15) is 23.2 Å². The third-order valence-electron chi connectivity index (χ3n) is 4.22. The summed E-state index contributed by atoms with van der Waals surface area (Å²) in [7, 11) is -1.81. The molecule has 2 heterocycles. The van der Waals surface area contributed by atoms with Crippen LogP contribution in [0.15, 0.2) is 12.3 Å². The second kappa shape index (κ2) is 8.19. The van der Waals surface area contributed by atoms with Gasteiger partial charge in [-0.15, -0.1) is 0 Å². The number of sulfonamides is 1. The average Bonchev–Trinajstić information content (AvgIpc) is 2.58. The summed E-state index contributed by atoms with van der Waals surface area (Å²) < 4.78 is 65.5. The molecule has 1 fully saturated rings. The van der Waals surface area contributed by atoms with E-state index in [0.717, 1.165) is 12.5 Å². The molecule has 0 saturated carbocycles. The number of ether oxygens (including phenoxy) is 1. The van der Waals surface area contributed by atoms with Gasteiger partial charge in [0, 0.05) is 32.4 Å². The fourth-order valence-corrected chi connectivity index (χ4v) is 3.66. The molecular formula is C15H19ClF3N3O4S. The van der Waals surface area contributed by atoms with Gasteiger partial charge < -0.3 is 9.64 Å². The quantitative estimate of drug-likeness (QED) is 0.716. The molecule has 0 aliphatic carbocycles. The molecule has 1 aliphatic heterocycles. The lowest BCUT2D eigenvalue weighted by Crippen LogP contribution is -2.47. The van der Waals surface area contributed by atoms with Crippen LogP contribution < -0.4 is 4.74 Å². The normalized spacial score (nSPS) is 16.6. The van der Waals surface area contributed by atoms with Crippen molar-refractivity contribution < 1.29 is 31.1 Å². The number of amides is 1. The number of hydrogen-bond donors (Lipinski definition) is 0. The Labute approximate surface area is 160 Å². The standard InChI is InChI=1S/C15H19ClF3N3O4S/c1-21(27(2,24)25)11-3-5-22(6-4-11)14(23)10-7-12(16)13(20-8-10)26-9-15(17,18)19/h7-8,11H,3-6,9H2,1-2H3. The molecule has 0 aromatic carbocycles. The van der Waals surface area contributed by atoms with E-state index in [9.17, 15) is 26.4 Å². The van der Waals surface area contributed by atoms with Gasteiger partial charge in [0.2, 0.25) is 15.9 Å². The summed E-state index contributed by atoms with van der Waals surface area (Å²) in [6, 6.07) is 1.01. The molecular weight excluding hydrogens is 411 g/mol. The molecule has 152 valence electrons. The number of alkyl halides is 3. The van der Waals surface area contributed by atoms with Gasteiger partial charge >= 0.3 is 6.18 Å². The van der Waals surface area contributed by atoms with Gasteiger partial charge in [-0.25, -0.2) is 17.7 Å². The van der Waals surface area contributed by atoms with Crippen molar-refractivity contribution in [2.45, 2.75) is 25.1 Å². The lowest BCUT2D eigenvalue weighted by Gasteiger charge is -2.35. The Morgan fingerprint density at radius 3 is 2.48 bits per heavy atom. The molecule has 1 aromatic heterocycles. The lowest BCUT2D eigenvalue weighted by atomic mass is 10.0. The predicted molar refractivity (Wildman–Crippen MR) is 92.3 cm³/mol. The van der Waals surface area contributed by atoms with Gasteiger partial charge in [0.05, 0.1) is 11.8 Å². The van der Waals surface area contributed by atoms with E-state index in [-0.39, 0.29) is 22.5 Å². The summed E-state index contributed by atoms with van der Waals surface area (Å²) >= 11 is 5.86. The number of piperidine rings is 1. The first-order valence-electron chi connectivity index (χ1n) is 7.96. The maximum atomic E-state index is 12.5. The van der Waals surface area contributed by atoms with Crippen molar-refractivity contribution in [2.24, 2.45) is 0 Å². The third kappa shape index (κ3) is 5.94. The first kappa shape index (κ1) is 21.7. The van der Waals surface area contributed by atoms with Crippen LogP contribution in [0.4, 0.5) is 13.2 Å². The van der Waals surface area contributed by atoms with E-state index < -0.39 is 28.7 Å². The van der Waals surface area contributed by atoms with Gasteiger partial charge in [-0.3, -0.25) is 4.79 Å². The minimum Gasteiger partial charge on any atom is -0.467 e. The minimum atomic E-state index is -4.52. The molecule has 27 heavy (non-hydrogen) atoms. The fourth-order valence-electron chi connectivity index (χ4n) is 2.68. The zero-order chi connectivity index (χ0) is 20.4. The molecule has 1 amide bonds. The van der Waals surface area contributed by atoms with E-state index in [2.05, 4.69) is 9.72 Å². The topological polar surface area (TPSA) is 79.8 Å². The summed E-state index contributed by atoms with van der Waals surface area (Å²) in [6.45, 7) is -0.852. The highest BCUT2D eigenvalue weighted by atomic mass is 35.5. The van der Waals surface area contributed by atoms with E-state index >= 15 is 0 Å². The second-order valence-corrected chi connectivity index (χ2v) is 8.67. The number of carbonyl (C=O) groups is 1. The van der Waals surface area contributed by atoms with Crippen molar-refractivity contribution >= 4 is 27.5 Å². The van der Waals surface area contributed by atoms with Crippen molar-refractivity contribution in [2.75, 3.05) is 33.0 Å². The van der Waals surface area contributed by atoms with Crippen LogP contribution in [-0.2, 0) is 10.0 Å².